The van der Waals surface area contributed by atoms with Gasteiger partial charge in [-0.25, -0.2) is 4.85 Å². The number of hydrogen-bond acceptors (Lipinski definition) is 3. The second-order valence-electron chi connectivity index (χ2n) is 22.9. The molecule has 7 aromatic carbocycles. The monoisotopic (exact) mass is 874 g/mol. The molecule has 0 saturated heterocycles. The highest BCUT2D eigenvalue weighted by molar-refractivity contribution is 6.39. The molecule has 0 radical (unpaired) electrons. The summed E-state index contributed by atoms with van der Waals surface area (Å²) in [5.74, 6) is 4.77. The Morgan fingerprint density at radius 2 is 0.897 bits per heavy atom. The first-order chi connectivity index (χ1) is 33.6. The van der Waals surface area contributed by atoms with Gasteiger partial charge >= 0.3 is 0 Å². The van der Waals surface area contributed by atoms with E-state index in [9.17, 15) is 5.26 Å². The average molecular weight is 875 g/mol. The molecule has 6 aromatic heterocycles. The molecule has 0 amide bonds. The third-order valence-electron chi connectivity index (χ3n) is 19.8. The summed E-state index contributed by atoms with van der Waals surface area (Å²) in [4.78, 5) is 4.43. The van der Waals surface area contributed by atoms with Crippen molar-refractivity contribution in [2.45, 2.75) is 87.9 Å². The van der Waals surface area contributed by atoms with Crippen molar-refractivity contribution in [3.63, 3.8) is 0 Å². The van der Waals surface area contributed by atoms with E-state index in [1.54, 1.807) is 0 Å². The first-order valence-electron chi connectivity index (χ1n) is 25.5. The van der Waals surface area contributed by atoms with E-state index in [4.69, 9.17) is 15.4 Å². The molecule has 6 heterocycles. The second kappa shape index (κ2) is 11.3. The molecular weight excluding hydrogens is 833 g/mol. The van der Waals surface area contributed by atoms with Crippen LogP contribution < -0.4 is 0 Å². The Morgan fingerprint density at radius 3 is 1.40 bits per heavy atom. The molecule has 8 aliphatic rings. The number of nitrogens with zero attached hydrogens (tertiary/aromatic N) is 4. The van der Waals surface area contributed by atoms with Gasteiger partial charge in [0.2, 0.25) is 0 Å². The first kappa shape index (κ1) is 34.9. The third-order valence-corrected chi connectivity index (χ3v) is 19.8. The Bertz CT molecular complexity index is 4350. The number of fused-ring (bicyclic) bond motifs is 20. The Morgan fingerprint density at radius 1 is 0.441 bits per heavy atom. The van der Waals surface area contributed by atoms with Crippen LogP contribution in [0.2, 0.25) is 0 Å². The molecule has 4 unspecified atom stereocenters. The van der Waals surface area contributed by atoms with Crippen molar-refractivity contribution in [2.75, 3.05) is 0 Å². The molecule has 8 aliphatic carbocycles. The smallest absolute Gasteiger partial charge is 0.193 e. The second-order valence-corrected chi connectivity index (χ2v) is 22.9. The number of furan rings is 2. The van der Waals surface area contributed by atoms with E-state index in [0.29, 0.717) is 23.7 Å². The van der Waals surface area contributed by atoms with Crippen molar-refractivity contribution in [1.29, 1.82) is 5.26 Å². The minimum atomic E-state index is 0.445. The molecule has 0 aliphatic heterocycles. The van der Waals surface area contributed by atoms with Gasteiger partial charge in [-0.05, 0) is 182 Å². The number of nitriles is 1. The lowest BCUT2D eigenvalue weighted by Crippen LogP contribution is -2.25. The minimum Gasteiger partial charge on any atom is -0.456 e. The molecule has 4 saturated carbocycles. The fraction of sp³-hybridized carbons (Fsp3) is 0.290. The minimum absolute atomic E-state index is 0.445. The normalized spacial score (nSPS) is 26.2. The van der Waals surface area contributed by atoms with Crippen LogP contribution in [0.15, 0.2) is 93.8 Å². The molecular formula is C62H42N4O2. The average Bonchev–Trinajstić information content (AvgIpc) is 4.16. The summed E-state index contributed by atoms with van der Waals surface area (Å²) in [6.07, 6.45) is 12.5. The van der Waals surface area contributed by atoms with Gasteiger partial charge in [-0.2, -0.15) is 5.26 Å². The Hall–Kier alpha value is -7.28. The lowest BCUT2D eigenvalue weighted by Gasteiger charge is -2.38. The predicted octanol–water partition coefficient (Wildman–Crippen LogP) is 17.0. The predicted molar refractivity (Wildman–Crippen MR) is 272 cm³/mol. The SMILES string of the molecule is [C-]#[N+]c1cc2c(c3c1C1CC4CC(C1)CC3C4)c1c3c(cc4c5cc6c(cc5n2c41)c1cc2oc4ccccc4c2c2c4c5c(c(C#N)cc4n6c12)C1CC2CC(C1)CC5C2)oc1ccccc13. The Kier molecular flexibility index (Phi) is 5.83. The molecule has 8 bridgehead atoms. The van der Waals surface area contributed by atoms with Gasteiger partial charge < -0.3 is 17.6 Å². The maximum atomic E-state index is 11.2. The van der Waals surface area contributed by atoms with Crippen molar-refractivity contribution < 1.29 is 8.83 Å². The highest BCUT2D eigenvalue weighted by Crippen LogP contribution is 2.63. The standard InChI is InChI=1S/C62H42N4O2/c1-64-42-25-46-58(54-34-18-29-11-30(19-34)15-32(14-29)52(42)54)60-56-37-7-3-5-9-48(37)68-50(56)24-41-39-21-43-38(22-44(39)66(46)62(41)60)40-23-49-55(36-6-2-4-8-47(36)67-49)59-57-45(65(43)61(40)59)20-35(26-63)51-31-12-27-10-28(13-31)17-33(16-27)53(51)57/h2-9,20-25,27-34H,10-19H2. The van der Waals surface area contributed by atoms with Crippen molar-refractivity contribution in [1.82, 2.24) is 8.80 Å². The third kappa shape index (κ3) is 3.81. The zero-order valence-corrected chi connectivity index (χ0v) is 37.4. The fourth-order valence-electron chi connectivity index (χ4n) is 18.1. The highest BCUT2D eigenvalue weighted by Gasteiger charge is 2.47. The van der Waals surface area contributed by atoms with Crippen LogP contribution in [-0.2, 0) is 0 Å². The molecule has 0 spiro atoms. The summed E-state index contributed by atoms with van der Waals surface area (Å²) in [6.45, 7) is 8.79. The van der Waals surface area contributed by atoms with Crippen LogP contribution in [0.4, 0.5) is 5.69 Å². The maximum Gasteiger partial charge on any atom is 0.193 e. The molecule has 68 heavy (non-hydrogen) atoms. The molecule has 0 N–H and O–H groups in total. The van der Waals surface area contributed by atoms with Crippen LogP contribution in [-0.4, -0.2) is 8.80 Å². The molecule has 322 valence electrons. The van der Waals surface area contributed by atoms with Crippen molar-refractivity contribution in [3.8, 4) is 6.07 Å². The molecule has 21 rings (SSSR count). The van der Waals surface area contributed by atoms with Gasteiger partial charge in [-0.3, -0.25) is 0 Å². The maximum absolute atomic E-state index is 11.2. The summed E-state index contributed by atoms with van der Waals surface area (Å²) in [5, 5.41) is 26.0. The number of hydrogen-bond donors (Lipinski definition) is 0. The van der Waals surface area contributed by atoms with Gasteiger partial charge in [0.15, 0.2) is 5.69 Å². The molecule has 13 aromatic rings. The quantitative estimate of drug-likeness (QED) is 0.143. The molecule has 4 atom stereocenters. The zero-order valence-electron chi connectivity index (χ0n) is 37.4. The molecule has 4 fully saturated rings. The summed E-state index contributed by atoms with van der Waals surface area (Å²) in [7, 11) is 0. The van der Waals surface area contributed by atoms with Gasteiger partial charge in [0.1, 0.15) is 22.3 Å². The number of aromatic nitrogens is 2. The number of benzene rings is 7. The van der Waals surface area contributed by atoms with Crippen molar-refractivity contribution in [2.24, 2.45) is 23.7 Å². The summed E-state index contributed by atoms with van der Waals surface area (Å²) in [6, 6.07) is 34.2. The van der Waals surface area contributed by atoms with Crippen LogP contribution in [0.3, 0.4) is 0 Å². The first-order valence-corrected chi connectivity index (χ1v) is 25.5. The lowest BCUT2D eigenvalue weighted by atomic mass is 9.67. The van der Waals surface area contributed by atoms with Gasteiger partial charge in [-0.15, -0.1) is 0 Å². The topological polar surface area (TPSA) is 63.2 Å². The van der Waals surface area contributed by atoms with Gasteiger partial charge in [0.25, 0.3) is 0 Å². The van der Waals surface area contributed by atoms with E-state index in [0.717, 1.165) is 84.6 Å². The van der Waals surface area contributed by atoms with Crippen LogP contribution in [0.25, 0.3) is 125 Å². The van der Waals surface area contributed by atoms with Crippen LogP contribution in [0, 0.1) is 41.6 Å². The van der Waals surface area contributed by atoms with E-state index >= 15 is 0 Å². The van der Waals surface area contributed by atoms with Gasteiger partial charge in [0, 0.05) is 70.2 Å². The van der Waals surface area contributed by atoms with E-state index < -0.39 is 0 Å². The Labute approximate surface area is 388 Å². The van der Waals surface area contributed by atoms with E-state index in [2.05, 4.69) is 105 Å². The number of rotatable bonds is 0. The Balaban J connectivity index is 1.03. The number of para-hydroxylation sites is 2. The van der Waals surface area contributed by atoms with Gasteiger partial charge in [-0.1, -0.05) is 36.4 Å². The van der Waals surface area contributed by atoms with Crippen LogP contribution in [0.1, 0.15) is 116 Å². The van der Waals surface area contributed by atoms with E-state index in [-0.39, 0.29) is 0 Å². The van der Waals surface area contributed by atoms with Crippen LogP contribution >= 0.6 is 0 Å². The highest BCUT2D eigenvalue weighted by atomic mass is 16.3. The van der Waals surface area contributed by atoms with E-state index in [1.165, 1.54) is 157 Å². The molecule has 6 nitrogen and oxygen atoms in total. The largest absolute Gasteiger partial charge is 0.456 e. The fourth-order valence-corrected chi connectivity index (χ4v) is 18.1. The lowest BCUT2D eigenvalue weighted by molar-refractivity contribution is 0.166. The van der Waals surface area contributed by atoms with E-state index in [1.807, 2.05) is 0 Å². The van der Waals surface area contributed by atoms with Crippen LogP contribution in [0.5, 0.6) is 0 Å². The van der Waals surface area contributed by atoms with Crippen molar-refractivity contribution >= 4 is 126 Å². The summed E-state index contributed by atoms with van der Waals surface area (Å²) in [5.41, 5.74) is 18.2. The summed E-state index contributed by atoms with van der Waals surface area (Å²) >= 11 is 0. The summed E-state index contributed by atoms with van der Waals surface area (Å²) < 4.78 is 18.9. The van der Waals surface area contributed by atoms with Gasteiger partial charge in [0.05, 0.1) is 45.8 Å². The molecule has 6 heteroatoms. The van der Waals surface area contributed by atoms with Crippen molar-refractivity contribution in [3.05, 3.63) is 124 Å². The zero-order chi connectivity index (χ0) is 43.7.